The van der Waals surface area contributed by atoms with Crippen LogP contribution in [-0.4, -0.2) is 48.4 Å². The third-order valence-electron chi connectivity index (χ3n) is 3.95. The van der Waals surface area contributed by atoms with E-state index in [4.69, 9.17) is 0 Å². The molecule has 0 bridgehead atoms. The smallest absolute Gasteiger partial charge is 0.545 e. The molecule has 0 atom stereocenters. The van der Waals surface area contributed by atoms with Crippen LogP contribution < -0.4 is 61.8 Å². The Bertz CT molecular complexity index is 934. The number of carboxylic acid groups (broad SMARTS) is 1. The molecular formula is C18H18KN3O3. The number of amides is 1. The summed E-state index contributed by atoms with van der Waals surface area (Å²) in [6.45, 7) is 1.29. The summed E-state index contributed by atoms with van der Waals surface area (Å²) >= 11 is 0. The van der Waals surface area contributed by atoms with Gasteiger partial charge < -0.3 is 24.5 Å². The van der Waals surface area contributed by atoms with Gasteiger partial charge in [0.2, 0.25) is 0 Å². The number of benzene rings is 1. The fourth-order valence-electron chi connectivity index (χ4n) is 2.79. The maximum absolute atomic E-state index is 12.3. The van der Waals surface area contributed by atoms with E-state index in [9.17, 15) is 14.7 Å². The maximum atomic E-state index is 12.3. The molecule has 0 spiro atoms. The van der Waals surface area contributed by atoms with Gasteiger partial charge in [0.05, 0.1) is 17.0 Å². The second kappa shape index (κ2) is 8.44. The van der Waals surface area contributed by atoms with Gasteiger partial charge in [0.25, 0.3) is 5.91 Å². The standard InChI is InChI=1S/C18H19N3O3.K/c1-20(2)10-8-19-17(22)12-6-7-13-15(11-12)21-9-4-3-5-14(21)16(13)18(23)24;/h3-7,9,11H,8,10H2,1-2H3,(H,19,22)(H,23,24);/q;+1/p-1. The molecule has 0 aliphatic rings. The fourth-order valence-corrected chi connectivity index (χ4v) is 2.79. The van der Waals surface area contributed by atoms with Crippen molar-refractivity contribution < 1.29 is 66.1 Å². The van der Waals surface area contributed by atoms with Gasteiger partial charge in [-0.2, -0.15) is 0 Å². The van der Waals surface area contributed by atoms with Crippen molar-refractivity contribution in [1.82, 2.24) is 14.6 Å². The number of carbonyl (C=O) groups excluding carboxylic acids is 2. The van der Waals surface area contributed by atoms with Crippen LogP contribution in [0.1, 0.15) is 20.7 Å². The normalized spacial score (nSPS) is 10.8. The minimum absolute atomic E-state index is 0. The molecule has 25 heavy (non-hydrogen) atoms. The number of hydrogen-bond donors (Lipinski definition) is 1. The van der Waals surface area contributed by atoms with Crippen molar-refractivity contribution in [3.8, 4) is 0 Å². The fraction of sp³-hybridized carbons (Fsp3) is 0.222. The summed E-state index contributed by atoms with van der Waals surface area (Å²) in [5.41, 5.74) is 1.86. The summed E-state index contributed by atoms with van der Waals surface area (Å²) in [5, 5.41) is 14.9. The van der Waals surface area contributed by atoms with Crippen LogP contribution in [0.4, 0.5) is 0 Å². The molecule has 2 heterocycles. The zero-order valence-corrected chi connectivity index (χ0v) is 17.7. The van der Waals surface area contributed by atoms with Crippen molar-refractivity contribution in [2.75, 3.05) is 27.2 Å². The van der Waals surface area contributed by atoms with Crippen molar-refractivity contribution in [2.24, 2.45) is 0 Å². The van der Waals surface area contributed by atoms with Crippen LogP contribution in [-0.2, 0) is 0 Å². The molecule has 3 aromatic rings. The minimum atomic E-state index is -1.23. The minimum Gasteiger partial charge on any atom is -0.545 e. The molecule has 0 fully saturated rings. The van der Waals surface area contributed by atoms with E-state index in [2.05, 4.69) is 5.32 Å². The van der Waals surface area contributed by atoms with Crippen molar-refractivity contribution in [3.05, 3.63) is 53.7 Å². The van der Waals surface area contributed by atoms with Crippen molar-refractivity contribution in [1.29, 1.82) is 0 Å². The van der Waals surface area contributed by atoms with E-state index in [1.165, 1.54) is 0 Å². The predicted octanol–water partition coefficient (Wildman–Crippen LogP) is -2.25. The monoisotopic (exact) mass is 363 g/mol. The predicted molar refractivity (Wildman–Crippen MR) is 90.1 cm³/mol. The first-order valence-electron chi connectivity index (χ1n) is 7.66. The van der Waals surface area contributed by atoms with Crippen LogP contribution in [0.3, 0.4) is 0 Å². The number of aromatic carboxylic acids is 1. The van der Waals surface area contributed by atoms with E-state index in [1.54, 1.807) is 40.9 Å². The van der Waals surface area contributed by atoms with Gasteiger partial charge in [0, 0.05) is 35.8 Å². The molecule has 3 rings (SSSR count). The number of nitrogens with one attached hydrogen (secondary N) is 1. The number of hydrogen-bond acceptors (Lipinski definition) is 4. The zero-order chi connectivity index (χ0) is 17.3. The third kappa shape index (κ3) is 4.13. The molecule has 124 valence electrons. The van der Waals surface area contributed by atoms with Crippen LogP contribution in [0.25, 0.3) is 16.4 Å². The van der Waals surface area contributed by atoms with Gasteiger partial charge in [-0.05, 0) is 38.4 Å². The Kier molecular flexibility index (Phi) is 6.78. The van der Waals surface area contributed by atoms with Crippen LogP contribution in [0.5, 0.6) is 0 Å². The molecular weight excluding hydrogens is 345 g/mol. The largest absolute Gasteiger partial charge is 1.00 e. The van der Waals surface area contributed by atoms with Gasteiger partial charge in [0.15, 0.2) is 0 Å². The second-order valence-corrected chi connectivity index (χ2v) is 5.91. The Morgan fingerprint density at radius 3 is 2.60 bits per heavy atom. The van der Waals surface area contributed by atoms with E-state index < -0.39 is 5.97 Å². The van der Waals surface area contributed by atoms with Gasteiger partial charge in [-0.15, -0.1) is 0 Å². The molecule has 1 N–H and O–H groups in total. The molecule has 0 unspecified atom stereocenters. The quantitative estimate of drug-likeness (QED) is 0.520. The summed E-state index contributed by atoms with van der Waals surface area (Å²) in [6, 6.07) is 10.3. The van der Waals surface area contributed by atoms with Crippen LogP contribution in [0.15, 0.2) is 42.6 Å². The Morgan fingerprint density at radius 1 is 1.16 bits per heavy atom. The summed E-state index contributed by atoms with van der Waals surface area (Å²) in [5.74, 6) is -1.41. The zero-order valence-electron chi connectivity index (χ0n) is 14.6. The molecule has 7 heteroatoms. The Hall–Kier alpha value is -1.22. The molecule has 2 aromatic heterocycles. The van der Waals surface area contributed by atoms with E-state index in [-0.39, 0.29) is 62.9 Å². The number of fused-ring (bicyclic) bond motifs is 3. The van der Waals surface area contributed by atoms with Gasteiger partial charge in [0.1, 0.15) is 0 Å². The topological polar surface area (TPSA) is 76.9 Å². The van der Waals surface area contributed by atoms with Crippen molar-refractivity contribution in [3.63, 3.8) is 0 Å². The average Bonchev–Trinajstić information content (AvgIpc) is 2.88. The second-order valence-electron chi connectivity index (χ2n) is 5.91. The Balaban J connectivity index is 0.00000225. The molecule has 6 nitrogen and oxygen atoms in total. The summed E-state index contributed by atoms with van der Waals surface area (Å²) in [4.78, 5) is 25.8. The SMILES string of the molecule is CN(C)CCNC(=O)c1ccc2c(C(=O)[O-])c3ccccn3c2c1.[K+]. The number of aromatic nitrogens is 1. The van der Waals surface area contributed by atoms with E-state index in [0.29, 0.717) is 28.5 Å². The van der Waals surface area contributed by atoms with E-state index in [1.807, 2.05) is 25.1 Å². The summed E-state index contributed by atoms with van der Waals surface area (Å²) in [6.07, 6.45) is 1.78. The molecule has 1 amide bonds. The van der Waals surface area contributed by atoms with Gasteiger partial charge in [-0.25, -0.2) is 0 Å². The average molecular weight is 363 g/mol. The van der Waals surface area contributed by atoms with E-state index >= 15 is 0 Å². The Labute approximate surface area is 188 Å². The third-order valence-corrected chi connectivity index (χ3v) is 3.95. The molecule has 0 saturated heterocycles. The summed E-state index contributed by atoms with van der Waals surface area (Å²) < 4.78 is 1.76. The summed E-state index contributed by atoms with van der Waals surface area (Å²) in [7, 11) is 3.87. The molecule has 0 aliphatic heterocycles. The first-order valence-corrected chi connectivity index (χ1v) is 7.66. The first-order chi connectivity index (χ1) is 11.5. The van der Waals surface area contributed by atoms with Crippen LogP contribution in [0, 0.1) is 0 Å². The van der Waals surface area contributed by atoms with Crippen molar-refractivity contribution >= 4 is 28.3 Å². The van der Waals surface area contributed by atoms with E-state index in [0.717, 1.165) is 6.54 Å². The number of carbonyl (C=O) groups is 2. The van der Waals surface area contributed by atoms with Gasteiger partial charge >= 0.3 is 51.4 Å². The number of nitrogens with zero attached hydrogens (tertiary/aromatic N) is 2. The number of likely N-dealkylation sites (N-methyl/N-ethyl adjacent to an activating group) is 1. The first kappa shape index (κ1) is 20.1. The number of pyridine rings is 1. The van der Waals surface area contributed by atoms with Gasteiger partial charge in [-0.1, -0.05) is 12.1 Å². The number of carboxylic acids is 1. The molecule has 0 saturated carbocycles. The van der Waals surface area contributed by atoms with Gasteiger partial charge in [-0.3, -0.25) is 4.79 Å². The van der Waals surface area contributed by atoms with Crippen molar-refractivity contribution in [2.45, 2.75) is 0 Å². The van der Waals surface area contributed by atoms with Crippen LogP contribution in [0.2, 0.25) is 0 Å². The number of rotatable bonds is 5. The maximum Gasteiger partial charge on any atom is 1.00 e. The Morgan fingerprint density at radius 2 is 1.92 bits per heavy atom. The van der Waals surface area contributed by atoms with Crippen LogP contribution >= 0.6 is 0 Å². The molecule has 0 aliphatic carbocycles. The molecule has 0 radical (unpaired) electrons. The molecule has 1 aromatic carbocycles.